The zero-order chi connectivity index (χ0) is 20.4. The van der Waals surface area contributed by atoms with Crippen LogP contribution in [0.4, 0.5) is 18.9 Å². The number of thioether (sulfide) groups is 1. The third-order valence-corrected chi connectivity index (χ3v) is 5.15. The molecule has 1 heterocycles. The van der Waals surface area contributed by atoms with E-state index >= 15 is 0 Å². The molecule has 1 N–H and O–H groups in total. The molecule has 0 fully saturated rings. The average Bonchev–Trinajstić information content (AvgIpc) is 3.12. The quantitative estimate of drug-likeness (QED) is 0.514. The molecule has 0 saturated heterocycles. The van der Waals surface area contributed by atoms with Crippen molar-refractivity contribution in [3.8, 4) is 5.69 Å². The van der Waals surface area contributed by atoms with Gasteiger partial charge < -0.3 is 5.32 Å². The smallest absolute Gasteiger partial charge is 0.237 e. The zero-order valence-electron chi connectivity index (χ0n) is 15.2. The summed E-state index contributed by atoms with van der Waals surface area (Å²) in [6.45, 7) is 5.51. The molecule has 1 amide bonds. The van der Waals surface area contributed by atoms with Gasteiger partial charge in [-0.3, -0.25) is 4.79 Å². The first-order valence-electron chi connectivity index (χ1n) is 8.25. The predicted octanol–water partition coefficient (Wildman–Crippen LogP) is 3.82. The van der Waals surface area contributed by atoms with E-state index in [1.165, 1.54) is 4.68 Å². The number of nitrogens with zero attached hydrogens (tertiary/aromatic N) is 4. The fraction of sp³-hybridized carbons (Fsp3) is 0.222. The second-order valence-corrected chi connectivity index (χ2v) is 7.42. The summed E-state index contributed by atoms with van der Waals surface area (Å²) in [6, 6.07) is 7.40. The van der Waals surface area contributed by atoms with Crippen LogP contribution in [0.2, 0.25) is 0 Å². The number of carbonyl (C=O) groups is 1. The summed E-state index contributed by atoms with van der Waals surface area (Å²) >= 11 is 1.05. The molecule has 0 spiro atoms. The third kappa shape index (κ3) is 4.01. The number of hydrogen-bond donors (Lipinski definition) is 1. The number of rotatable bonds is 5. The minimum absolute atomic E-state index is 0.358. The standard InChI is InChI=1S/C18H16F3N5OS/c1-9-4-5-12(8-10(9)2)26-18(23-24-25-26)28-11(3)17(27)22-14-7-6-13(19)15(20)16(14)21/h4-8,11H,1-3H3,(H,22,27)/t11-/m0/s1. The maximum Gasteiger partial charge on any atom is 0.237 e. The summed E-state index contributed by atoms with van der Waals surface area (Å²) in [7, 11) is 0. The van der Waals surface area contributed by atoms with Gasteiger partial charge in [-0.15, -0.1) is 5.10 Å². The average molecular weight is 407 g/mol. The highest BCUT2D eigenvalue weighted by molar-refractivity contribution is 8.00. The van der Waals surface area contributed by atoms with E-state index in [0.717, 1.165) is 40.7 Å². The van der Waals surface area contributed by atoms with Crippen molar-refractivity contribution in [1.29, 1.82) is 0 Å². The van der Waals surface area contributed by atoms with Crippen molar-refractivity contribution in [3.63, 3.8) is 0 Å². The molecule has 0 saturated carbocycles. The molecule has 3 aromatic rings. The Morgan fingerprint density at radius 1 is 1.11 bits per heavy atom. The largest absolute Gasteiger partial charge is 0.323 e. The van der Waals surface area contributed by atoms with Crippen LogP contribution in [-0.2, 0) is 4.79 Å². The molecule has 10 heteroatoms. The van der Waals surface area contributed by atoms with E-state index in [4.69, 9.17) is 0 Å². The molecule has 0 aliphatic carbocycles. The molecule has 6 nitrogen and oxygen atoms in total. The van der Waals surface area contributed by atoms with Crippen LogP contribution in [0.5, 0.6) is 0 Å². The molecule has 0 aliphatic heterocycles. The van der Waals surface area contributed by atoms with E-state index < -0.39 is 34.3 Å². The van der Waals surface area contributed by atoms with Gasteiger partial charge in [-0.1, -0.05) is 17.8 Å². The molecule has 2 aromatic carbocycles. The maximum absolute atomic E-state index is 13.7. The van der Waals surface area contributed by atoms with Gasteiger partial charge in [0.15, 0.2) is 17.5 Å². The lowest BCUT2D eigenvalue weighted by molar-refractivity contribution is -0.115. The van der Waals surface area contributed by atoms with E-state index in [1.54, 1.807) is 6.92 Å². The molecule has 0 aliphatic rings. The lowest BCUT2D eigenvalue weighted by atomic mass is 10.1. The monoisotopic (exact) mass is 407 g/mol. The highest BCUT2D eigenvalue weighted by atomic mass is 32.2. The Kier molecular flexibility index (Phi) is 5.68. The number of carbonyl (C=O) groups excluding carboxylic acids is 1. The molecule has 0 bridgehead atoms. The summed E-state index contributed by atoms with van der Waals surface area (Å²) in [5, 5.41) is 13.4. The molecule has 146 valence electrons. The van der Waals surface area contributed by atoms with E-state index in [-0.39, 0.29) is 0 Å². The summed E-state index contributed by atoms with van der Waals surface area (Å²) in [5.74, 6) is -5.03. The first-order chi connectivity index (χ1) is 13.3. The first-order valence-corrected chi connectivity index (χ1v) is 9.13. The van der Waals surface area contributed by atoms with E-state index in [2.05, 4.69) is 20.8 Å². The summed E-state index contributed by atoms with van der Waals surface area (Å²) in [5.41, 5.74) is 2.47. The lowest BCUT2D eigenvalue weighted by Gasteiger charge is -2.13. The van der Waals surface area contributed by atoms with Crippen molar-refractivity contribution in [1.82, 2.24) is 20.2 Å². The van der Waals surface area contributed by atoms with Crippen LogP contribution in [0.25, 0.3) is 5.69 Å². The fourth-order valence-electron chi connectivity index (χ4n) is 2.34. The van der Waals surface area contributed by atoms with Crippen molar-refractivity contribution in [3.05, 3.63) is 58.9 Å². The number of hydrogen-bond acceptors (Lipinski definition) is 5. The second-order valence-electron chi connectivity index (χ2n) is 6.11. The number of anilines is 1. The Labute approximate surface area is 163 Å². The predicted molar refractivity (Wildman–Crippen MR) is 98.9 cm³/mol. The van der Waals surface area contributed by atoms with Crippen LogP contribution in [-0.4, -0.2) is 31.4 Å². The molecular formula is C18H16F3N5OS. The summed E-state index contributed by atoms with van der Waals surface area (Å²) in [6.07, 6.45) is 0. The van der Waals surface area contributed by atoms with Crippen LogP contribution in [0.3, 0.4) is 0 Å². The summed E-state index contributed by atoms with van der Waals surface area (Å²) in [4.78, 5) is 12.3. The van der Waals surface area contributed by atoms with Gasteiger partial charge in [0, 0.05) is 0 Å². The number of aryl methyl sites for hydroxylation is 2. The molecule has 1 atom stereocenters. The zero-order valence-corrected chi connectivity index (χ0v) is 16.0. The van der Waals surface area contributed by atoms with Crippen LogP contribution in [0.1, 0.15) is 18.1 Å². The van der Waals surface area contributed by atoms with E-state index in [1.807, 2.05) is 32.0 Å². The van der Waals surface area contributed by atoms with Gasteiger partial charge in [0.05, 0.1) is 16.6 Å². The van der Waals surface area contributed by atoms with Crippen molar-refractivity contribution in [2.45, 2.75) is 31.2 Å². The molecule has 0 unspecified atom stereocenters. The number of aromatic nitrogens is 4. The fourth-order valence-corrected chi connectivity index (χ4v) is 3.15. The molecule has 0 radical (unpaired) electrons. The van der Waals surface area contributed by atoms with Gasteiger partial charge in [-0.2, -0.15) is 4.68 Å². The van der Waals surface area contributed by atoms with Gasteiger partial charge >= 0.3 is 0 Å². The van der Waals surface area contributed by atoms with E-state index in [9.17, 15) is 18.0 Å². The highest BCUT2D eigenvalue weighted by Crippen LogP contribution is 2.26. The van der Waals surface area contributed by atoms with Crippen molar-refractivity contribution < 1.29 is 18.0 Å². The van der Waals surface area contributed by atoms with Crippen LogP contribution in [0.15, 0.2) is 35.5 Å². The van der Waals surface area contributed by atoms with E-state index in [0.29, 0.717) is 5.16 Å². The number of nitrogens with one attached hydrogen (secondary N) is 1. The molecule has 28 heavy (non-hydrogen) atoms. The Bertz CT molecular complexity index is 1040. The van der Waals surface area contributed by atoms with Crippen LogP contribution >= 0.6 is 11.8 Å². The number of benzene rings is 2. The molecular weight excluding hydrogens is 391 g/mol. The Morgan fingerprint density at radius 2 is 1.86 bits per heavy atom. The normalized spacial score (nSPS) is 12.1. The number of amides is 1. The Balaban J connectivity index is 1.76. The van der Waals surface area contributed by atoms with Gasteiger partial charge in [0.25, 0.3) is 0 Å². The number of tetrazole rings is 1. The second kappa shape index (κ2) is 8.01. The van der Waals surface area contributed by atoms with Gasteiger partial charge in [0.1, 0.15) is 0 Å². The van der Waals surface area contributed by atoms with Gasteiger partial charge in [-0.05, 0) is 66.6 Å². The van der Waals surface area contributed by atoms with Gasteiger partial charge in [-0.25, -0.2) is 13.2 Å². The molecule has 3 rings (SSSR count). The molecule has 1 aromatic heterocycles. The van der Waals surface area contributed by atoms with Gasteiger partial charge in [0.2, 0.25) is 11.1 Å². The van der Waals surface area contributed by atoms with Crippen molar-refractivity contribution in [2.75, 3.05) is 5.32 Å². The number of halogens is 3. The SMILES string of the molecule is Cc1ccc(-n2nnnc2S[C@@H](C)C(=O)Nc2ccc(F)c(F)c2F)cc1C. The van der Waals surface area contributed by atoms with Crippen molar-refractivity contribution in [2.24, 2.45) is 0 Å². The topological polar surface area (TPSA) is 72.7 Å². The summed E-state index contributed by atoms with van der Waals surface area (Å²) < 4.78 is 41.6. The maximum atomic E-state index is 13.7. The minimum atomic E-state index is -1.64. The minimum Gasteiger partial charge on any atom is -0.323 e. The Hall–Kier alpha value is -2.88. The third-order valence-electron chi connectivity index (χ3n) is 4.12. The van der Waals surface area contributed by atoms with Crippen molar-refractivity contribution >= 4 is 23.4 Å². The highest BCUT2D eigenvalue weighted by Gasteiger charge is 2.22. The van der Waals surface area contributed by atoms with Crippen LogP contribution in [0, 0.1) is 31.3 Å². The van der Waals surface area contributed by atoms with Crippen LogP contribution < -0.4 is 5.32 Å². The lowest BCUT2D eigenvalue weighted by Crippen LogP contribution is -2.23. The Morgan fingerprint density at radius 3 is 2.57 bits per heavy atom. The first kappa shape index (κ1) is 19.9.